The molecule has 1 unspecified atom stereocenters. The zero-order valence-electron chi connectivity index (χ0n) is 37.6. The molecule has 4 aromatic rings. The van der Waals surface area contributed by atoms with Crippen molar-refractivity contribution in [3.8, 4) is 5.75 Å². The van der Waals surface area contributed by atoms with Crippen LogP contribution in [-0.2, 0) is 36.5 Å². The summed E-state index contributed by atoms with van der Waals surface area (Å²) in [6, 6.07) is 14.0. The molecule has 3 aromatic carbocycles. The molecule has 0 spiro atoms. The molecule has 0 bridgehead atoms. The SMILES string of the molecule is C.O=C1CCC(N2C(=O)c3ccc(OCCOCCOCCOCCN4CCN(Cc5ccc6c(c5)nc(NC(=O)c5cccc(C(F)(F)F)c5)n6C5CCC(CO)CC5)CC4)cc3C2=O)C(=O)N1. The highest BCUT2D eigenvalue weighted by molar-refractivity contribution is 6.23. The highest BCUT2D eigenvalue weighted by atomic mass is 19.4. The number of nitrogens with one attached hydrogen (secondary N) is 2. The van der Waals surface area contributed by atoms with E-state index in [1.54, 1.807) is 6.07 Å². The van der Waals surface area contributed by atoms with E-state index >= 15 is 0 Å². The summed E-state index contributed by atoms with van der Waals surface area (Å²) in [7, 11) is 0. The molecule has 1 saturated carbocycles. The fourth-order valence-corrected chi connectivity index (χ4v) is 9.22. The number of carbonyl (C=O) groups excluding carboxylic acids is 5. The second-order valence-electron chi connectivity index (χ2n) is 17.5. The number of nitrogens with zero attached hydrogens (tertiary/aromatic N) is 5. The molecule has 4 heterocycles. The standard InChI is InChI=1S/C48H56F3N7O10.CH4/c49-48(50,51)34-3-1-2-33(27-34)43(61)54-47-52-39-26-32(6-11-40(39)57(47)35-7-4-31(30-59)5-8-35)29-56-16-14-55(15-17-56)18-19-65-20-21-66-22-23-67-24-25-68-36-9-10-37-38(28-36)46(64)58(45(37)63)41-12-13-42(60)53-44(41)62;/h1-3,6,9-11,26-28,31,35,41,59H,4-5,7-8,12-25,29-30H2,(H,52,54,61)(H,53,60,62);1H4. The lowest BCUT2D eigenvalue weighted by atomic mass is 9.86. The van der Waals surface area contributed by atoms with Gasteiger partial charge in [0.25, 0.3) is 17.7 Å². The van der Waals surface area contributed by atoms with Crippen molar-refractivity contribution in [1.29, 1.82) is 0 Å². The maximum Gasteiger partial charge on any atom is 0.416 e. The highest BCUT2D eigenvalue weighted by Crippen LogP contribution is 2.38. The van der Waals surface area contributed by atoms with Crippen molar-refractivity contribution in [3.63, 3.8) is 0 Å². The largest absolute Gasteiger partial charge is 0.491 e. The van der Waals surface area contributed by atoms with Gasteiger partial charge in [0, 0.05) is 63.9 Å². The molecule has 20 heteroatoms. The molecule has 8 rings (SSSR count). The van der Waals surface area contributed by atoms with Gasteiger partial charge in [-0.25, -0.2) is 4.98 Å². The van der Waals surface area contributed by atoms with Crippen LogP contribution >= 0.6 is 0 Å². The van der Waals surface area contributed by atoms with Gasteiger partial charge in [0.1, 0.15) is 18.4 Å². The first-order valence-electron chi connectivity index (χ1n) is 23.1. The van der Waals surface area contributed by atoms with Gasteiger partial charge in [-0.1, -0.05) is 19.6 Å². The number of amides is 5. The van der Waals surface area contributed by atoms with Crippen molar-refractivity contribution in [1.82, 2.24) is 29.6 Å². The Morgan fingerprint density at radius 3 is 2.16 bits per heavy atom. The number of halogens is 3. The van der Waals surface area contributed by atoms with Gasteiger partial charge in [-0.3, -0.25) is 49.3 Å². The molecule has 1 aromatic heterocycles. The van der Waals surface area contributed by atoms with Gasteiger partial charge in [0.05, 0.1) is 67.4 Å². The smallest absolute Gasteiger partial charge is 0.416 e. The van der Waals surface area contributed by atoms with Crippen LogP contribution in [0.25, 0.3) is 11.0 Å². The zero-order chi connectivity index (χ0) is 47.8. The van der Waals surface area contributed by atoms with E-state index in [0.29, 0.717) is 56.8 Å². The fourth-order valence-electron chi connectivity index (χ4n) is 9.22. The fraction of sp³-hybridized carbons (Fsp3) is 0.510. The van der Waals surface area contributed by atoms with Gasteiger partial charge in [-0.05, 0) is 92.1 Å². The number of piperazine rings is 1. The van der Waals surface area contributed by atoms with Crippen molar-refractivity contribution in [2.75, 3.05) is 90.9 Å². The van der Waals surface area contributed by atoms with E-state index < -0.39 is 47.3 Å². The summed E-state index contributed by atoms with van der Waals surface area (Å²) in [6.45, 7) is 7.76. The number of hydrogen-bond acceptors (Lipinski definition) is 13. The average molecular weight is 964 g/mol. The Balaban J connectivity index is 0.00000703. The number of ether oxygens (including phenoxy) is 4. The van der Waals surface area contributed by atoms with E-state index in [2.05, 4.69) is 26.5 Å². The predicted octanol–water partition coefficient (Wildman–Crippen LogP) is 5.31. The van der Waals surface area contributed by atoms with Crippen molar-refractivity contribution >= 4 is 46.5 Å². The molecule has 3 N–H and O–H groups in total. The van der Waals surface area contributed by atoms with Crippen LogP contribution in [0.1, 0.15) is 94.2 Å². The van der Waals surface area contributed by atoms with Crippen molar-refractivity contribution in [2.45, 2.75) is 70.8 Å². The summed E-state index contributed by atoms with van der Waals surface area (Å²) >= 11 is 0. The first-order valence-corrected chi connectivity index (χ1v) is 23.1. The second kappa shape index (κ2) is 23.2. The summed E-state index contributed by atoms with van der Waals surface area (Å²) in [6.07, 6.45) is -1.25. The molecule has 2 saturated heterocycles. The molecule has 372 valence electrons. The first-order chi connectivity index (χ1) is 32.9. The normalized spacial score (nSPS) is 20.2. The number of benzene rings is 3. The lowest BCUT2D eigenvalue weighted by Gasteiger charge is -2.34. The van der Waals surface area contributed by atoms with E-state index in [9.17, 15) is 42.3 Å². The van der Waals surface area contributed by atoms with Crippen LogP contribution in [0.2, 0.25) is 0 Å². The Morgan fingerprint density at radius 2 is 1.46 bits per heavy atom. The number of imide groups is 2. The molecule has 17 nitrogen and oxygen atoms in total. The number of fused-ring (bicyclic) bond motifs is 2. The van der Waals surface area contributed by atoms with E-state index in [-0.39, 0.29) is 68.7 Å². The summed E-state index contributed by atoms with van der Waals surface area (Å²) in [5, 5.41) is 14.7. The Hall–Kier alpha value is -5.77. The average Bonchev–Trinajstić information content (AvgIpc) is 3.81. The number of rotatable bonds is 20. The number of alkyl halides is 3. The number of aromatic nitrogens is 2. The highest BCUT2D eigenvalue weighted by Gasteiger charge is 2.45. The van der Waals surface area contributed by atoms with Gasteiger partial charge < -0.3 is 28.6 Å². The minimum Gasteiger partial charge on any atom is -0.491 e. The van der Waals surface area contributed by atoms with Crippen LogP contribution in [0.3, 0.4) is 0 Å². The Morgan fingerprint density at radius 1 is 0.783 bits per heavy atom. The molecular weight excluding hydrogens is 904 g/mol. The zero-order valence-corrected chi connectivity index (χ0v) is 37.6. The molecular formula is C49H60F3N7O10. The second-order valence-corrected chi connectivity index (χ2v) is 17.5. The van der Waals surface area contributed by atoms with Crippen LogP contribution in [0, 0.1) is 5.92 Å². The number of carbonyl (C=O) groups is 5. The van der Waals surface area contributed by atoms with Crippen LogP contribution in [0.4, 0.5) is 19.1 Å². The number of anilines is 1. The van der Waals surface area contributed by atoms with Crippen LogP contribution in [0.15, 0.2) is 60.7 Å². The van der Waals surface area contributed by atoms with Crippen LogP contribution < -0.4 is 15.4 Å². The van der Waals surface area contributed by atoms with E-state index in [4.69, 9.17) is 23.9 Å². The van der Waals surface area contributed by atoms with Crippen molar-refractivity contribution in [3.05, 3.63) is 88.5 Å². The van der Waals surface area contributed by atoms with Crippen molar-refractivity contribution in [2.24, 2.45) is 5.92 Å². The Bertz CT molecular complexity index is 2470. The van der Waals surface area contributed by atoms with E-state index in [1.807, 2.05) is 16.7 Å². The maximum absolute atomic E-state index is 13.4. The molecule has 5 amide bonds. The van der Waals surface area contributed by atoms with Gasteiger partial charge in [-0.15, -0.1) is 0 Å². The van der Waals surface area contributed by atoms with Gasteiger partial charge >= 0.3 is 6.18 Å². The molecule has 1 aliphatic carbocycles. The lowest BCUT2D eigenvalue weighted by Crippen LogP contribution is -2.54. The third-order valence-corrected chi connectivity index (χ3v) is 12.9. The number of aliphatic hydroxyl groups excluding tert-OH is 1. The number of aliphatic hydroxyl groups is 1. The Kier molecular flexibility index (Phi) is 17.2. The maximum atomic E-state index is 13.4. The molecule has 1 atom stereocenters. The topological polar surface area (TPSA) is 194 Å². The number of piperidine rings is 1. The summed E-state index contributed by atoms with van der Waals surface area (Å²) < 4.78 is 65.0. The summed E-state index contributed by atoms with van der Waals surface area (Å²) in [5.41, 5.74) is 1.92. The summed E-state index contributed by atoms with van der Waals surface area (Å²) in [5.74, 6) is -2.05. The van der Waals surface area contributed by atoms with Crippen LogP contribution in [-0.4, -0.2) is 151 Å². The molecule has 0 radical (unpaired) electrons. The minimum absolute atomic E-state index is 0. The monoisotopic (exact) mass is 963 g/mol. The van der Waals surface area contributed by atoms with Gasteiger partial charge in [-0.2, -0.15) is 13.2 Å². The number of hydrogen-bond donors (Lipinski definition) is 3. The number of imidazole rings is 1. The molecule has 69 heavy (non-hydrogen) atoms. The quantitative estimate of drug-likeness (QED) is 0.0763. The van der Waals surface area contributed by atoms with Gasteiger partial charge in [0.2, 0.25) is 17.8 Å². The predicted molar refractivity (Wildman–Crippen MR) is 247 cm³/mol. The molecule has 3 fully saturated rings. The third kappa shape index (κ3) is 12.5. The summed E-state index contributed by atoms with van der Waals surface area (Å²) in [4.78, 5) is 73.5. The Labute approximate surface area is 398 Å². The van der Waals surface area contributed by atoms with Crippen molar-refractivity contribution < 1.29 is 61.2 Å². The minimum atomic E-state index is -4.58. The molecule has 4 aliphatic rings. The van der Waals surface area contributed by atoms with Crippen LogP contribution in [0.5, 0.6) is 5.75 Å². The molecule has 3 aliphatic heterocycles. The van der Waals surface area contributed by atoms with Gasteiger partial charge in [0.15, 0.2) is 0 Å². The third-order valence-electron chi connectivity index (χ3n) is 12.9. The van der Waals surface area contributed by atoms with E-state index in [0.717, 1.165) is 86.5 Å². The first kappa shape index (κ1) is 51.1. The van der Waals surface area contributed by atoms with E-state index in [1.165, 1.54) is 24.3 Å². The lowest BCUT2D eigenvalue weighted by molar-refractivity contribution is -0.138.